The Bertz CT molecular complexity index is 1180. The van der Waals surface area contributed by atoms with Crippen LogP contribution in [-0.2, 0) is 4.79 Å². The fraction of sp³-hybridized carbons (Fsp3) is 0.227. The summed E-state index contributed by atoms with van der Waals surface area (Å²) in [5.74, 6) is -1.48. The molecule has 0 spiro atoms. The number of amides is 2. The fourth-order valence-corrected chi connectivity index (χ4v) is 2.94. The van der Waals surface area contributed by atoms with E-state index >= 15 is 0 Å². The second kappa shape index (κ2) is 8.31. The third-order valence-electron chi connectivity index (χ3n) is 4.40. The molecule has 0 atom stereocenters. The molecular formula is C22H22ClN3O5. The highest BCUT2D eigenvalue weighted by Gasteiger charge is 2.28. The van der Waals surface area contributed by atoms with Gasteiger partial charge in [-0.15, -0.1) is 4.73 Å². The van der Waals surface area contributed by atoms with Crippen LogP contribution in [0.3, 0.4) is 0 Å². The largest absolute Gasteiger partial charge is 0.492 e. The minimum Gasteiger partial charge on any atom is -0.492 e. The normalized spacial score (nSPS) is 11.3. The molecule has 3 rings (SSSR count). The van der Waals surface area contributed by atoms with Crippen LogP contribution in [0.5, 0.6) is 5.88 Å². The molecule has 9 heteroatoms. The number of nitrogens with zero attached hydrogens (tertiary/aromatic N) is 1. The van der Waals surface area contributed by atoms with Crippen molar-refractivity contribution >= 4 is 51.7 Å². The van der Waals surface area contributed by atoms with Crippen molar-refractivity contribution in [2.75, 3.05) is 10.6 Å². The molecule has 2 amide bonds. The second-order valence-corrected chi connectivity index (χ2v) is 8.43. The number of nitrogens with one attached hydrogen (secondary N) is 2. The number of anilines is 2. The molecule has 0 aliphatic carbocycles. The van der Waals surface area contributed by atoms with Crippen LogP contribution in [0.2, 0.25) is 5.02 Å². The summed E-state index contributed by atoms with van der Waals surface area (Å²) in [6.07, 6.45) is 0. The van der Waals surface area contributed by atoms with Gasteiger partial charge in [0, 0.05) is 21.8 Å². The van der Waals surface area contributed by atoms with E-state index in [1.54, 1.807) is 57.2 Å². The quantitative estimate of drug-likeness (QED) is 0.499. The van der Waals surface area contributed by atoms with Crippen LogP contribution in [0.15, 0.2) is 42.5 Å². The van der Waals surface area contributed by atoms with Crippen molar-refractivity contribution in [2.24, 2.45) is 5.41 Å². The molecule has 31 heavy (non-hydrogen) atoms. The summed E-state index contributed by atoms with van der Waals surface area (Å²) < 4.78 is 0.905. The number of fused-ring (bicyclic) bond motifs is 1. The van der Waals surface area contributed by atoms with E-state index in [1.807, 2.05) is 0 Å². The Morgan fingerprint density at radius 3 is 2.16 bits per heavy atom. The van der Waals surface area contributed by atoms with E-state index in [1.165, 1.54) is 13.0 Å². The molecule has 0 saturated carbocycles. The number of ketones is 1. The maximum Gasteiger partial charge on any atom is 0.338 e. The monoisotopic (exact) mass is 443 g/mol. The van der Waals surface area contributed by atoms with Crippen molar-refractivity contribution in [1.29, 1.82) is 0 Å². The smallest absolute Gasteiger partial charge is 0.338 e. The maximum atomic E-state index is 12.4. The molecule has 3 aromatic rings. The van der Waals surface area contributed by atoms with Gasteiger partial charge in [0.15, 0.2) is 5.78 Å². The van der Waals surface area contributed by atoms with Crippen LogP contribution in [0.25, 0.3) is 10.9 Å². The van der Waals surface area contributed by atoms with Crippen molar-refractivity contribution in [1.82, 2.24) is 4.73 Å². The first kappa shape index (κ1) is 22.2. The third-order valence-corrected chi connectivity index (χ3v) is 4.65. The number of aromatic nitrogens is 1. The maximum absolute atomic E-state index is 12.4. The zero-order chi connectivity index (χ0) is 22.9. The summed E-state index contributed by atoms with van der Waals surface area (Å²) >= 11 is 5.84. The van der Waals surface area contributed by atoms with Gasteiger partial charge in [0.2, 0.25) is 5.88 Å². The Kier molecular flexibility index (Phi) is 5.94. The van der Waals surface area contributed by atoms with E-state index in [-0.39, 0.29) is 11.1 Å². The van der Waals surface area contributed by atoms with Crippen LogP contribution < -0.4 is 15.5 Å². The molecule has 0 aliphatic rings. The highest BCUT2D eigenvalue weighted by molar-refractivity contribution is 6.30. The number of benzene rings is 2. The van der Waals surface area contributed by atoms with Gasteiger partial charge in [0.1, 0.15) is 0 Å². The number of aromatic hydroxyl groups is 1. The van der Waals surface area contributed by atoms with Crippen LogP contribution in [0.4, 0.5) is 16.2 Å². The molecule has 1 heterocycles. The SMILES string of the molecule is CC(=O)c1c(O)n(OC(=O)C(C)(C)C)c2cc(NC(=O)Nc3ccc(Cl)cc3)ccc12. The van der Waals surface area contributed by atoms with Crippen LogP contribution in [0, 0.1) is 5.41 Å². The van der Waals surface area contributed by atoms with E-state index in [0.29, 0.717) is 21.8 Å². The molecule has 0 aliphatic heterocycles. The molecule has 0 fully saturated rings. The second-order valence-electron chi connectivity index (χ2n) is 8.00. The van der Waals surface area contributed by atoms with Crippen molar-refractivity contribution in [2.45, 2.75) is 27.7 Å². The fourth-order valence-electron chi connectivity index (χ4n) is 2.81. The molecule has 2 aromatic carbocycles. The van der Waals surface area contributed by atoms with Crippen LogP contribution in [-0.4, -0.2) is 27.6 Å². The number of hydrogen-bond donors (Lipinski definition) is 3. The number of halogens is 1. The lowest BCUT2D eigenvalue weighted by atomic mass is 9.98. The molecule has 0 unspecified atom stereocenters. The number of carbonyl (C=O) groups excluding carboxylic acids is 3. The summed E-state index contributed by atoms with van der Waals surface area (Å²) in [5.41, 5.74) is 0.341. The molecular weight excluding hydrogens is 422 g/mol. The highest BCUT2D eigenvalue weighted by Crippen LogP contribution is 2.33. The van der Waals surface area contributed by atoms with Crippen LogP contribution in [0.1, 0.15) is 38.1 Å². The minimum atomic E-state index is -0.840. The van der Waals surface area contributed by atoms with Gasteiger partial charge in [0.05, 0.1) is 16.5 Å². The lowest BCUT2D eigenvalue weighted by Crippen LogP contribution is -2.31. The van der Waals surface area contributed by atoms with Gasteiger partial charge in [0.25, 0.3) is 0 Å². The summed E-state index contributed by atoms with van der Waals surface area (Å²) in [4.78, 5) is 42.1. The van der Waals surface area contributed by atoms with E-state index in [9.17, 15) is 19.5 Å². The summed E-state index contributed by atoms with van der Waals surface area (Å²) in [7, 11) is 0. The zero-order valence-corrected chi connectivity index (χ0v) is 18.2. The highest BCUT2D eigenvalue weighted by atomic mass is 35.5. The predicted molar refractivity (Wildman–Crippen MR) is 119 cm³/mol. The lowest BCUT2D eigenvalue weighted by Gasteiger charge is -2.17. The van der Waals surface area contributed by atoms with Gasteiger partial charge >= 0.3 is 12.0 Å². The first-order valence-corrected chi connectivity index (χ1v) is 9.80. The van der Waals surface area contributed by atoms with E-state index < -0.39 is 29.1 Å². The van der Waals surface area contributed by atoms with Gasteiger partial charge in [-0.05, 0) is 70.2 Å². The molecule has 3 N–H and O–H groups in total. The molecule has 0 radical (unpaired) electrons. The zero-order valence-electron chi connectivity index (χ0n) is 17.4. The Balaban J connectivity index is 1.95. The third kappa shape index (κ3) is 4.80. The molecule has 162 valence electrons. The first-order valence-electron chi connectivity index (χ1n) is 9.42. The molecule has 0 bridgehead atoms. The number of carbonyl (C=O) groups is 3. The van der Waals surface area contributed by atoms with Crippen molar-refractivity contribution < 1.29 is 24.3 Å². The number of hydrogen-bond acceptors (Lipinski definition) is 5. The Morgan fingerprint density at radius 2 is 1.58 bits per heavy atom. The van der Waals surface area contributed by atoms with E-state index in [4.69, 9.17) is 16.4 Å². The topological polar surface area (TPSA) is 110 Å². The predicted octanol–water partition coefficient (Wildman–Crippen LogP) is 4.85. The van der Waals surface area contributed by atoms with Crippen molar-refractivity contribution in [3.63, 3.8) is 0 Å². The Morgan fingerprint density at radius 1 is 1.00 bits per heavy atom. The average Bonchev–Trinajstić information content (AvgIpc) is 2.94. The van der Waals surface area contributed by atoms with Gasteiger partial charge in [-0.2, -0.15) is 0 Å². The van der Waals surface area contributed by atoms with E-state index in [0.717, 1.165) is 4.73 Å². The summed E-state index contributed by atoms with van der Waals surface area (Å²) in [6, 6.07) is 10.7. The molecule has 0 saturated heterocycles. The summed E-state index contributed by atoms with van der Waals surface area (Å²) in [5, 5.41) is 16.8. The van der Waals surface area contributed by atoms with Crippen molar-refractivity contribution in [3.8, 4) is 5.88 Å². The Hall–Kier alpha value is -3.52. The van der Waals surface area contributed by atoms with E-state index in [2.05, 4.69) is 10.6 Å². The van der Waals surface area contributed by atoms with Crippen molar-refractivity contribution in [3.05, 3.63) is 53.1 Å². The standard InChI is InChI=1S/C22H22ClN3O5/c1-12(27)18-16-10-9-15(25-21(30)24-14-7-5-13(23)6-8-14)11-17(16)26(19(18)28)31-20(29)22(2,3)4/h5-11,28H,1-4H3,(H2,24,25,30). The van der Waals surface area contributed by atoms with Crippen LogP contribution >= 0.6 is 11.6 Å². The lowest BCUT2D eigenvalue weighted by molar-refractivity contribution is -0.153. The van der Waals surface area contributed by atoms with Gasteiger partial charge in [-0.3, -0.25) is 4.79 Å². The number of urea groups is 1. The average molecular weight is 444 g/mol. The first-order chi connectivity index (χ1) is 14.5. The van der Waals surface area contributed by atoms with Gasteiger partial charge in [-0.25, -0.2) is 9.59 Å². The number of Topliss-reactive ketones (excluding diaryl/α,β-unsaturated/α-hetero) is 1. The minimum absolute atomic E-state index is 0.0221. The molecule has 1 aromatic heterocycles. The van der Waals surface area contributed by atoms with Gasteiger partial charge in [-0.1, -0.05) is 11.6 Å². The summed E-state index contributed by atoms with van der Waals surface area (Å²) in [6.45, 7) is 6.30. The Labute approximate surface area is 183 Å². The van der Waals surface area contributed by atoms with Gasteiger partial charge < -0.3 is 20.6 Å². The number of rotatable bonds is 4. The molecule has 8 nitrogen and oxygen atoms in total.